The van der Waals surface area contributed by atoms with Gasteiger partial charge < -0.3 is 37.9 Å². The number of nitrogens with zero attached hydrogens (tertiary/aromatic N) is 4. The van der Waals surface area contributed by atoms with E-state index in [2.05, 4.69) is 20.4 Å². The van der Waals surface area contributed by atoms with Crippen LogP contribution in [0.2, 0.25) is 0 Å². The molecule has 2 aromatic heterocycles. The molecule has 0 atom stereocenters. The van der Waals surface area contributed by atoms with E-state index in [1.54, 1.807) is 0 Å². The van der Waals surface area contributed by atoms with Crippen molar-refractivity contribution in [2.75, 3.05) is 79.3 Å². The molecule has 30 heavy (non-hydrogen) atoms. The zero-order chi connectivity index (χ0) is 20.7. The number of aromatic nitrogens is 4. The van der Waals surface area contributed by atoms with E-state index < -0.39 is 0 Å². The lowest BCUT2D eigenvalue weighted by Gasteiger charge is -2.07. The second kappa shape index (κ2) is 14.2. The van der Waals surface area contributed by atoms with Gasteiger partial charge in [-0.05, 0) is 22.7 Å². The van der Waals surface area contributed by atoms with Gasteiger partial charge in [0, 0.05) is 0 Å². The molecule has 0 fully saturated rings. The second-order valence-corrected chi connectivity index (χ2v) is 7.32. The maximum absolute atomic E-state index is 5.47. The van der Waals surface area contributed by atoms with Crippen molar-refractivity contribution >= 4 is 22.7 Å². The van der Waals surface area contributed by atoms with Crippen molar-refractivity contribution in [1.29, 1.82) is 0 Å². The highest BCUT2D eigenvalue weighted by atomic mass is 32.1. The first-order valence-electron chi connectivity index (χ1n) is 9.39. The Morgan fingerprint density at radius 1 is 0.367 bits per heavy atom. The van der Waals surface area contributed by atoms with Gasteiger partial charge >= 0.3 is 0 Å². The first kappa shape index (κ1) is 22.8. The van der Waals surface area contributed by atoms with Crippen LogP contribution in [0.4, 0.5) is 0 Å². The third-order valence-electron chi connectivity index (χ3n) is 3.33. The van der Waals surface area contributed by atoms with Crippen LogP contribution in [0.5, 0.6) is 20.8 Å². The quantitative estimate of drug-likeness (QED) is 0.544. The minimum Gasteiger partial charge on any atom is -0.466 e. The SMILES string of the molecule is C1COCCOc2nnc(s2)OCCOCCOCCOc2nnc(s2)OCCO1. The Kier molecular flexibility index (Phi) is 10.8. The van der Waals surface area contributed by atoms with Crippen molar-refractivity contribution in [2.45, 2.75) is 0 Å². The molecule has 0 N–H and O–H groups in total. The first-order chi connectivity index (χ1) is 14.9. The van der Waals surface area contributed by atoms with Crippen LogP contribution in [-0.4, -0.2) is 99.7 Å². The van der Waals surface area contributed by atoms with Crippen LogP contribution in [0.15, 0.2) is 0 Å². The van der Waals surface area contributed by atoms with Gasteiger partial charge in [0.1, 0.15) is 26.4 Å². The molecular weight excluding hydrogens is 440 g/mol. The molecule has 0 saturated heterocycles. The Morgan fingerprint density at radius 2 is 0.600 bits per heavy atom. The number of hydrogen-bond acceptors (Lipinski definition) is 14. The standard InChI is InChI=1S/C16H24N4O8S2/c1-2-22-6-10-26-14-18-20-16(30-14)28-12-8-24-4-3-23-7-11-27-15-19-17-13(29-15)25-9-5-21-1/h1-12H2. The van der Waals surface area contributed by atoms with Gasteiger partial charge in [0.25, 0.3) is 20.8 Å². The minimum absolute atomic E-state index is 0.363. The molecule has 0 saturated carbocycles. The molecule has 168 valence electrons. The largest absolute Gasteiger partial charge is 0.466 e. The Balaban J connectivity index is 1.37. The van der Waals surface area contributed by atoms with Gasteiger partial charge in [-0.25, -0.2) is 0 Å². The molecule has 0 aromatic carbocycles. The van der Waals surface area contributed by atoms with E-state index in [0.717, 1.165) is 0 Å². The molecule has 1 aliphatic heterocycles. The lowest BCUT2D eigenvalue weighted by Crippen LogP contribution is -2.13. The average Bonchev–Trinajstić information content (AvgIpc) is 3.39. The smallest absolute Gasteiger partial charge is 0.297 e. The normalized spacial score (nSPS) is 18.9. The fourth-order valence-electron chi connectivity index (χ4n) is 2.02. The molecule has 14 heteroatoms. The van der Waals surface area contributed by atoms with E-state index in [-0.39, 0.29) is 0 Å². The highest BCUT2D eigenvalue weighted by molar-refractivity contribution is 7.15. The van der Waals surface area contributed by atoms with Gasteiger partial charge in [0.05, 0.1) is 52.9 Å². The highest BCUT2D eigenvalue weighted by Gasteiger charge is 2.07. The second-order valence-electron chi connectivity index (χ2n) is 5.51. The van der Waals surface area contributed by atoms with Gasteiger partial charge in [0.2, 0.25) is 0 Å². The van der Waals surface area contributed by atoms with Crippen LogP contribution in [0.25, 0.3) is 0 Å². The van der Waals surface area contributed by atoms with Crippen molar-refractivity contribution in [2.24, 2.45) is 0 Å². The zero-order valence-corrected chi connectivity index (χ0v) is 18.0. The summed E-state index contributed by atoms with van der Waals surface area (Å²) in [5, 5.41) is 17.3. The predicted octanol–water partition coefficient (Wildman–Crippen LogP) is 0.685. The predicted molar refractivity (Wildman–Crippen MR) is 105 cm³/mol. The summed E-state index contributed by atoms with van der Waals surface area (Å²) in [6.45, 7) is 4.92. The molecule has 0 spiro atoms. The summed E-state index contributed by atoms with van der Waals surface area (Å²) in [6.07, 6.45) is 0. The molecule has 3 rings (SSSR count). The monoisotopic (exact) mass is 464 g/mol. The third-order valence-corrected chi connectivity index (χ3v) is 4.83. The molecule has 0 amide bonds. The fourth-order valence-corrected chi connectivity index (χ4v) is 3.22. The van der Waals surface area contributed by atoms with Crippen LogP contribution in [0.3, 0.4) is 0 Å². The molecule has 0 aliphatic carbocycles. The van der Waals surface area contributed by atoms with E-state index in [1.807, 2.05) is 0 Å². The number of ether oxygens (including phenoxy) is 8. The Hall–Kier alpha value is -1.84. The van der Waals surface area contributed by atoms with Crippen LogP contribution >= 0.6 is 22.7 Å². The summed E-state index contributed by atoms with van der Waals surface area (Å²) in [4.78, 5) is 0. The van der Waals surface area contributed by atoms with Crippen LogP contribution in [-0.2, 0) is 18.9 Å². The molecule has 0 radical (unpaired) electrons. The Bertz CT molecular complexity index is 593. The lowest BCUT2D eigenvalue weighted by molar-refractivity contribution is 0.0270. The fraction of sp³-hybridized carbons (Fsp3) is 0.750. The summed E-state index contributed by atoms with van der Waals surface area (Å²) in [5.41, 5.74) is 0. The van der Waals surface area contributed by atoms with Crippen LogP contribution in [0.1, 0.15) is 0 Å². The maximum atomic E-state index is 5.47. The highest BCUT2D eigenvalue weighted by Crippen LogP contribution is 2.24. The number of hydrogen-bond donors (Lipinski definition) is 0. The first-order valence-corrected chi connectivity index (χ1v) is 11.0. The molecule has 2 aromatic rings. The van der Waals surface area contributed by atoms with Crippen molar-refractivity contribution in [1.82, 2.24) is 20.4 Å². The number of fused-ring (bicyclic) bond motifs is 4. The molecule has 12 nitrogen and oxygen atoms in total. The molecule has 4 bridgehead atoms. The number of rotatable bonds is 0. The van der Waals surface area contributed by atoms with E-state index in [1.165, 1.54) is 22.7 Å². The Morgan fingerprint density at radius 3 is 0.867 bits per heavy atom. The van der Waals surface area contributed by atoms with Crippen molar-refractivity contribution in [3.05, 3.63) is 0 Å². The topological polar surface area (TPSA) is 125 Å². The van der Waals surface area contributed by atoms with E-state index >= 15 is 0 Å². The van der Waals surface area contributed by atoms with E-state index in [0.29, 0.717) is 100 Å². The van der Waals surface area contributed by atoms with Gasteiger partial charge in [-0.3, -0.25) is 0 Å². The summed E-state index contributed by atoms with van der Waals surface area (Å²) in [5.74, 6) is 0. The van der Waals surface area contributed by atoms with Crippen molar-refractivity contribution in [3.8, 4) is 20.8 Å². The summed E-state index contributed by atoms with van der Waals surface area (Å²) < 4.78 is 43.6. The molecule has 0 unspecified atom stereocenters. The molecule has 1 aliphatic rings. The maximum Gasteiger partial charge on any atom is 0.297 e. The van der Waals surface area contributed by atoms with E-state index in [4.69, 9.17) is 37.9 Å². The van der Waals surface area contributed by atoms with Crippen LogP contribution < -0.4 is 18.9 Å². The van der Waals surface area contributed by atoms with Gasteiger partial charge in [-0.2, -0.15) is 0 Å². The zero-order valence-electron chi connectivity index (χ0n) is 16.4. The van der Waals surface area contributed by atoms with Gasteiger partial charge in [-0.1, -0.05) is 20.4 Å². The van der Waals surface area contributed by atoms with E-state index in [9.17, 15) is 0 Å². The molecular formula is C16H24N4O8S2. The lowest BCUT2D eigenvalue weighted by atomic mass is 10.7. The Labute approximate surface area is 181 Å². The summed E-state index contributed by atoms with van der Waals surface area (Å²) >= 11 is 2.45. The van der Waals surface area contributed by atoms with Crippen molar-refractivity contribution < 1.29 is 37.9 Å². The van der Waals surface area contributed by atoms with Gasteiger partial charge in [-0.15, -0.1) is 0 Å². The van der Waals surface area contributed by atoms with Crippen LogP contribution in [0, 0.1) is 0 Å². The average molecular weight is 465 g/mol. The van der Waals surface area contributed by atoms with Gasteiger partial charge in [0.15, 0.2) is 0 Å². The molecule has 3 heterocycles. The summed E-state index contributed by atoms with van der Waals surface area (Å²) in [7, 11) is 0. The third kappa shape index (κ3) is 9.32. The van der Waals surface area contributed by atoms with Crippen molar-refractivity contribution in [3.63, 3.8) is 0 Å². The summed E-state index contributed by atoms with van der Waals surface area (Å²) in [6, 6.07) is 0. The minimum atomic E-state index is 0.363.